The third-order valence-electron chi connectivity index (χ3n) is 6.22. The molecular weight excluding hydrogens is 282 g/mol. The van der Waals surface area contributed by atoms with Crippen LogP contribution in [-0.4, -0.2) is 45.7 Å². The van der Waals surface area contributed by atoms with Gasteiger partial charge in [0, 0.05) is 18.5 Å². The first-order valence-corrected chi connectivity index (χ1v) is 8.57. The Hall–Kier alpha value is -1.10. The second kappa shape index (κ2) is 5.52. The van der Waals surface area contributed by atoms with Crippen LogP contribution in [0.5, 0.6) is 0 Å². The minimum absolute atomic E-state index is 0.00215. The second-order valence-corrected chi connectivity index (χ2v) is 7.87. The maximum atomic E-state index is 12.9. The summed E-state index contributed by atoms with van der Waals surface area (Å²) in [6.45, 7) is 4.45. The number of amides is 1. The van der Waals surface area contributed by atoms with Crippen molar-refractivity contribution in [1.29, 1.82) is 0 Å². The van der Waals surface area contributed by atoms with Crippen molar-refractivity contribution in [1.82, 2.24) is 4.90 Å². The van der Waals surface area contributed by atoms with Gasteiger partial charge in [0.05, 0.1) is 17.9 Å². The number of carboxylic acid groups (broad SMARTS) is 1. The molecule has 0 aromatic carbocycles. The lowest BCUT2D eigenvalue weighted by Crippen LogP contribution is -2.46. The Labute approximate surface area is 131 Å². The lowest BCUT2D eigenvalue weighted by Gasteiger charge is -2.37. The van der Waals surface area contributed by atoms with Gasteiger partial charge in [-0.15, -0.1) is 0 Å². The summed E-state index contributed by atoms with van der Waals surface area (Å²) < 4.78 is 0. The fraction of sp³-hybridized carbons (Fsp3) is 0.882. The molecule has 0 radical (unpaired) electrons. The Balaban J connectivity index is 1.73. The van der Waals surface area contributed by atoms with Crippen molar-refractivity contribution >= 4 is 11.9 Å². The Morgan fingerprint density at radius 2 is 1.73 bits per heavy atom. The molecule has 3 fully saturated rings. The van der Waals surface area contributed by atoms with Crippen LogP contribution in [0, 0.1) is 23.2 Å². The van der Waals surface area contributed by atoms with Gasteiger partial charge in [-0.25, -0.2) is 0 Å². The predicted octanol–water partition coefficient (Wildman–Crippen LogP) is 1.89. The van der Waals surface area contributed by atoms with E-state index in [0.717, 1.165) is 38.5 Å². The van der Waals surface area contributed by atoms with Crippen LogP contribution in [0.25, 0.3) is 0 Å². The van der Waals surface area contributed by atoms with Gasteiger partial charge in [-0.2, -0.15) is 0 Å². The van der Waals surface area contributed by atoms with Gasteiger partial charge in [0.1, 0.15) is 0 Å². The first kappa shape index (κ1) is 15.8. The standard InChI is InChI=1S/C17H27NO4/c1-17(2)13(14(17)16(21)22)15(20)18-9-5-7-11(18)10-6-3-4-8-12(10)19/h10-14,19H,3-9H2,1-2H3,(H,21,22)/t10?,11?,12?,13-,14+/m1/s1. The number of likely N-dealkylation sites (tertiary alicyclic amines) is 1. The molecule has 1 aliphatic heterocycles. The fourth-order valence-corrected chi connectivity index (χ4v) is 4.84. The highest BCUT2D eigenvalue weighted by molar-refractivity contribution is 5.92. The first-order valence-electron chi connectivity index (χ1n) is 8.57. The van der Waals surface area contributed by atoms with E-state index < -0.39 is 23.2 Å². The lowest BCUT2D eigenvalue weighted by atomic mass is 9.80. The summed E-state index contributed by atoms with van der Waals surface area (Å²) in [4.78, 5) is 26.1. The Morgan fingerprint density at radius 1 is 1.05 bits per heavy atom. The topological polar surface area (TPSA) is 77.8 Å². The van der Waals surface area contributed by atoms with Crippen LogP contribution in [0.4, 0.5) is 0 Å². The number of carbonyl (C=O) groups excluding carboxylic acids is 1. The smallest absolute Gasteiger partial charge is 0.307 e. The van der Waals surface area contributed by atoms with E-state index in [4.69, 9.17) is 0 Å². The van der Waals surface area contributed by atoms with Crippen LogP contribution < -0.4 is 0 Å². The van der Waals surface area contributed by atoms with E-state index in [2.05, 4.69) is 0 Å². The third kappa shape index (κ3) is 2.43. The molecule has 22 heavy (non-hydrogen) atoms. The van der Waals surface area contributed by atoms with Gasteiger partial charge in [0.2, 0.25) is 5.91 Å². The summed E-state index contributed by atoms with van der Waals surface area (Å²) in [6.07, 6.45) is 5.59. The highest BCUT2D eigenvalue weighted by atomic mass is 16.4. The Morgan fingerprint density at radius 3 is 2.32 bits per heavy atom. The van der Waals surface area contributed by atoms with Crippen molar-refractivity contribution < 1.29 is 19.8 Å². The molecule has 3 unspecified atom stereocenters. The summed E-state index contributed by atoms with van der Waals surface area (Å²) in [5.74, 6) is -1.65. The third-order valence-corrected chi connectivity index (χ3v) is 6.22. The molecular formula is C17H27NO4. The number of nitrogens with zero attached hydrogens (tertiary/aromatic N) is 1. The summed E-state index contributed by atoms with van der Waals surface area (Å²) in [6, 6.07) is 0.105. The van der Waals surface area contributed by atoms with Crippen LogP contribution in [0.15, 0.2) is 0 Å². The number of hydrogen-bond acceptors (Lipinski definition) is 3. The zero-order chi connectivity index (χ0) is 16.1. The Kier molecular flexibility index (Phi) is 3.96. The van der Waals surface area contributed by atoms with Gasteiger partial charge in [-0.05, 0) is 31.1 Å². The van der Waals surface area contributed by atoms with Crippen molar-refractivity contribution in [3.8, 4) is 0 Å². The van der Waals surface area contributed by atoms with E-state index in [1.165, 1.54) is 0 Å². The molecule has 5 atom stereocenters. The number of hydrogen-bond donors (Lipinski definition) is 2. The molecule has 0 aromatic heterocycles. The van der Waals surface area contributed by atoms with E-state index in [9.17, 15) is 19.8 Å². The maximum absolute atomic E-state index is 12.9. The quantitative estimate of drug-likeness (QED) is 0.834. The minimum atomic E-state index is -0.864. The van der Waals surface area contributed by atoms with Crippen LogP contribution in [-0.2, 0) is 9.59 Å². The molecule has 124 valence electrons. The van der Waals surface area contributed by atoms with Crippen LogP contribution in [0.2, 0.25) is 0 Å². The fourth-order valence-electron chi connectivity index (χ4n) is 4.84. The molecule has 0 bridgehead atoms. The first-order chi connectivity index (χ1) is 10.4. The molecule has 1 heterocycles. The highest BCUT2D eigenvalue weighted by Gasteiger charge is 2.67. The summed E-state index contributed by atoms with van der Waals surface area (Å²) in [7, 11) is 0. The number of aliphatic hydroxyl groups excluding tert-OH is 1. The van der Waals surface area contributed by atoms with Crippen molar-refractivity contribution in [2.24, 2.45) is 23.2 Å². The molecule has 1 amide bonds. The van der Waals surface area contributed by atoms with E-state index in [1.807, 2.05) is 18.7 Å². The van der Waals surface area contributed by atoms with Crippen molar-refractivity contribution in [2.45, 2.75) is 64.5 Å². The van der Waals surface area contributed by atoms with Gasteiger partial charge in [0.15, 0.2) is 0 Å². The maximum Gasteiger partial charge on any atom is 0.307 e. The molecule has 1 saturated heterocycles. The highest BCUT2D eigenvalue weighted by Crippen LogP contribution is 2.59. The lowest BCUT2D eigenvalue weighted by molar-refractivity contribution is -0.143. The largest absolute Gasteiger partial charge is 0.481 e. The molecule has 3 rings (SSSR count). The van der Waals surface area contributed by atoms with Crippen molar-refractivity contribution in [3.63, 3.8) is 0 Å². The molecule has 2 aliphatic carbocycles. The number of aliphatic hydroxyl groups is 1. The second-order valence-electron chi connectivity index (χ2n) is 7.87. The van der Waals surface area contributed by atoms with Gasteiger partial charge >= 0.3 is 5.97 Å². The number of rotatable bonds is 3. The van der Waals surface area contributed by atoms with E-state index >= 15 is 0 Å². The molecule has 0 aromatic rings. The van der Waals surface area contributed by atoms with Crippen LogP contribution in [0.3, 0.4) is 0 Å². The molecule has 2 saturated carbocycles. The van der Waals surface area contributed by atoms with E-state index in [-0.39, 0.29) is 24.0 Å². The average molecular weight is 309 g/mol. The minimum Gasteiger partial charge on any atom is -0.481 e. The molecule has 3 aliphatic rings. The summed E-state index contributed by atoms with van der Waals surface area (Å²) in [5, 5.41) is 19.6. The Bertz CT molecular complexity index is 475. The van der Waals surface area contributed by atoms with E-state index in [0.29, 0.717) is 6.54 Å². The predicted molar refractivity (Wildman–Crippen MR) is 81.1 cm³/mol. The van der Waals surface area contributed by atoms with Crippen LogP contribution >= 0.6 is 0 Å². The monoisotopic (exact) mass is 309 g/mol. The number of carbonyl (C=O) groups is 2. The zero-order valence-corrected chi connectivity index (χ0v) is 13.5. The normalized spacial score (nSPS) is 40.5. The summed E-state index contributed by atoms with van der Waals surface area (Å²) in [5.41, 5.74) is -0.443. The van der Waals surface area contributed by atoms with Crippen molar-refractivity contribution in [2.75, 3.05) is 6.54 Å². The zero-order valence-electron chi connectivity index (χ0n) is 13.5. The molecule has 5 heteroatoms. The van der Waals surface area contributed by atoms with Gasteiger partial charge < -0.3 is 15.1 Å². The van der Waals surface area contributed by atoms with Crippen LogP contribution in [0.1, 0.15) is 52.4 Å². The number of carboxylic acids is 1. The van der Waals surface area contributed by atoms with Gasteiger partial charge in [0.25, 0.3) is 0 Å². The molecule has 5 nitrogen and oxygen atoms in total. The number of aliphatic carboxylic acids is 1. The molecule has 2 N–H and O–H groups in total. The van der Waals surface area contributed by atoms with E-state index in [1.54, 1.807) is 0 Å². The average Bonchev–Trinajstić information content (AvgIpc) is 2.83. The van der Waals surface area contributed by atoms with Crippen molar-refractivity contribution in [3.05, 3.63) is 0 Å². The summed E-state index contributed by atoms with van der Waals surface area (Å²) >= 11 is 0. The molecule has 0 spiro atoms. The SMILES string of the molecule is CC1(C)[C@H](C(=O)O)[C@@H]1C(=O)N1CCCC1C1CCCCC1O. The van der Waals surface area contributed by atoms with Gasteiger partial charge in [-0.3, -0.25) is 9.59 Å². The van der Waals surface area contributed by atoms with Gasteiger partial charge in [-0.1, -0.05) is 26.7 Å².